The summed E-state index contributed by atoms with van der Waals surface area (Å²) in [6.45, 7) is 0. The summed E-state index contributed by atoms with van der Waals surface area (Å²) in [5, 5.41) is 10.2. The summed E-state index contributed by atoms with van der Waals surface area (Å²) >= 11 is 0. The third kappa shape index (κ3) is 3.42. The van der Waals surface area contributed by atoms with Crippen LogP contribution in [0.5, 0.6) is 5.75 Å². The summed E-state index contributed by atoms with van der Waals surface area (Å²) < 4.78 is 53.8. The van der Waals surface area contributed by atoms with Crippen molar-refractivity contribution in [3.05, 3.63) is 29.8 Å². The van der Waals surface area contributed by atoms with Gasteiger partial charge in [-0.1, -0.05) is 25.0 Å². The molecule has 0 aliphatic heterocycles. The number of hydrogen-bond acceptors (Lipinski definition) is 2. The molecule has 1 saturated carbocycles. The number of aliphatic hydroxyl groups is 1. The fourth-order valence-corrected chi connectivity index (χ4v) is 2.51. The van der Waals surface area contributed by atoms with Gasteiger partial charge in [0.2, 0.25) is 0 Å². The molecule has 0 heterocycles. The Bertz CT molecular complexity index is 445. The molecule has 6 heteroatoms. The van der Waals surface area contributed by atoms with Gasteiger partial charge in [0.1, 0.15) is 5.75 Å². The van der Waals surface area contributed by atoms with Crippen molar-refractivity contribution >= 4 is 0 Å². The Morgan fingerprint density at radius 1 is 1.20 bits per heavy atom. The number of aliphatic hydroxyl groups excluding tert-OH is 1. The molecule has 2 rings (SSSR count). The van der Waals surface area contributed by atoms with E-state index in [1.807, 2.05) is 0 Å². The van der Waals surface area contributed by atoms with Crippen LogP contribution in [0.3, 0.4) is 0 Å². The fraction of sp³-hybridized carbons (Fsp3) is 0.571. The van der Waals surface area contributed by atoms with Crippen molar-refractivity contribution < 1.29 is 27.4 Å². The lowest BCUT2D eigenvalue weighted by molar-refractivity contribution is -0.253. The van der Waals surface area contributed by atoms with Gasteiger partial charge in [-0.25, -0.2) is 0 Å². The van der Waals surface area contributed by atoms with E-state index in [0.717, 1.165) is 25.7 Å². The first kappa shape index (κ1) is 15.1. The molecule has 1 N–H and O–H groups in total. The highest BCUT2D eigenvalue weighted by Gasteiger charge is 2.44. The SMILES string of the molecule is OC(c1cccc(OC(F)(F)C(F)F)c1)C1CCCC1. The maximum Gasteiger partial charge on any atom is 0.461 e. The minimum absolute atomic E-state index is 0.0841. The van der Waals surface area contributed by atoms with Crippen LogP contribution < -0.4 is 4.74 Å². The van der Waals surface area contributed by atoms with E-state index >= 15 is 0 Å². The largest absolute Gasteiger partial charge is 0.461 e. The molecule has 1 unspecified atom stereocenters. The Balaban J connectivity index is 2.11. The summed E-state index contributed by atoms with van der Waals surface area (Å²) in [5.74, 6) is -0.286. The number of rotatable bonds is 5. The second kappa shape index (κ2) is 5.99. The van der Waals surface area contributed by atoms with Crippen molar-refractivity contribution in [1.82, 2.24) is 0 Å². The lowest BCUT2D eigenvalue weighted by atomic mass is 9.94. The second-order valence-electron chi connectivity index (χ2n) is 5.03. The van der Waals surface area contributed by atoms with E-state index < -0.39 is 18.6 Å². The van der Waals surface area contributed by atoms with Crippen molar-refractivity contribution in [1.29, 1.82) is 0 Å². The summed E-state index contributed by atoms with van der Waals surface area (Å²) in [6.07, 6.45) is -5.40. The van der Waals surface area contributed by atoms with Crippen molar-refractivity contribution in [3.63, 3.8) is 0 Å². The smallest absolute Gasteiger partial charge is 0.428 e. The van der Waals surface area contributed by atoms with Gasteiger partial charge in [-0.2, -0.15) is 17.6 Å². The molecule has 0 aromatic heterocycles. The van der Waals surface area contributed by atoms with Crippen LogP contribution in [-0.2, 0) is 0 Å². The van der Waals surface area contributed by atoms with Gasteiger partial charge in [0.15, 0.2) is 0 Å². The van der Waals surface area contributed by atoms with Gasteiger partial charge in [-0.05, 0) is 36.5 Å². The number of alkyl halides is 4. The van der Waals surface area contributed by atoms with Crippen LogP contribution in [0.1, 0.15) is 37.4 Å². The Morgan fingerprint density at radius 2 is 1.85 bits per heavy atom. The van der Waals surface area contributed by atoms with Crippen LogP contribution in [-0.4, -0.2) is 17.6 Å². The number of ether oxygens (including phenoxy) is 1. The molecule has 1 atom stereocenters. The maximum atomic E-state index is 12.8. The Hall–Kier alpha value is -1.30. The van der Waals surface area contributed by atoms with E-state index in [9.17, 15) is 22.7 Å². The molecule has 0 saturated heterocycles. The Morgan fingerprint density at radius 3 is 2.45 bits per heavy atom. The zero-order valence-electron chi connectivity index (χ0n) is 10.7. The topological polar surface area (TPSA) is 29.5 Å². The van der Waals surface area contributed by atoms with E-state index in [-0.39, 0.29) is 11.7 Å². The molecule has 1 aromatic rings. The van der Waals surface area contributed by atoms with Crippen molar-refractivity contribution in [2.24, 2.45) is 5.92 Å². The van der Waals surface area contributed by atoms with Gasteiger partial charge in [0.05, 0.1) is 6.10 Å². The van der Waals surface area contributed by atoms with E-state index in [0.29, 0.717) is 5.56 Å². The second-order valence-corrected chi connectivity index (χ2v) is 5.03. The molecular formula is C14H16F4O2. The highest BCUT2D eigenvalue weighted by molar-refractivity contribution is 5.30. The average Bonchev–Trinajstić information content (AvgIpc) is 2.91. The zero-order chi connectivity index (χ0) is 14.8. The number of hydrogen-bond donors (Lipinski definition) is 1. The summed E-state index contributed by atoms with van der Waals surface area (Å²) in [7, 11) is 0. The Kier molecular flexibility index (Phi) is 4.52. The first-order valence-electron chi connectivity index (χ1n) is 6.53. The first-order valence-corrected chi connectivity index (χ1v) is 6.53. The van der Waals surface area contributed by atoms with Crippen LogP contribution in [0.25, 0.3) is 0 Å². The molecule has 1 aliphatic carbocycles. The van der Waals surface area contributed by atoms with Crippen molar-refractivity contribution in [2.45, 2.75) is 44.3 Å². The molecule has 20 heavy (non-hydrogen) atoms. The molecule has 0 spiro atoms. The molecule has 2 nitrogen and oxygen atoms in total. The predicted octanol–water partition coefficient (Wildman–Crippen LogP) is 4.15. The third-order valence-corrected chi connectivity index (χ3v) is 3.55. The van der Waals surface area contributed by atoms with E-state index in [1.54, 1.807) is 6.07 Å². The van der Waals surface area contributed by atoms with E-state index in [4.69, 9.17) is 0 Å². The molecule has 1 fully saturated rings. The molecule has 0 bridgehead atoms. The van der Waals surface area contributed by atoms with E-state index in [1.165, 1.54) is 18.2 Å². The summed E-state index contributed by atoms with van der Waals surface area (Å²) in [4.78, 5) is 0. The average molecular weight is 292 g/mol. The van der Waals surface area contributed by atoms with Crippen molar-refractivity contribution in [3.8, 4) is 5.75 Å². The standard InChI is InChI=1S/C14H16F4O2/c15-13(16)14(17,18)20-11-7-3-6-10(8-11)12(19)9-4-1-2-5-9/h3,6-9,12-13,19H,1-2,4-5H2. The normalized spacial score (nSPS) is 18.5. The fourth-order valence-electron chi connectivity index (χ4n) is 2.51. The van der Waals surface area contributed by atoms with Crippen LogP contribution in [0.4, 0.5) is 17.6 Å². The minimum Gasteiger partial charge on any atom is -0.428 e. The van der Waals surface area contributed by atoms with Gasteiger partial charge in [0.25, 0.3) is 0 Å². The van der Waals surface area contributed by atoms with E-state index in [2.05, 4.69) is 4.74 Å². The molecule has 1 aliphatic rings. The quantitative estimate of drug-likeness (QED) is 0.826. The molecule has 112 valence electrons. The molecular weight excluding hydrogens is 276 g/mol. The van der Waals surface area contributed by atoms with Gasteiger partial charge in [0, 0.05) is 0 Å². The van der Waals surface area contributed by atoms with Gasteiger partial charge < -0.3 is 9.84 Å². The lowest BCUT2D eigenvalue weighted by Gasteiger charge is -2.20. The number of halogens is 4. The Labute approximate surface area is 114 Å². The summed E-state index contributed by atoms with van der Waals surface area (Å²) in [5.41, 5.74) is 0.416. The van der Waals surface area contributed by atoms with Crippen LogP contribution in [0.15, 0.2) is 24.3 Å². The first-order chi connectivity index (χ1) is 9.40. The lowest BCUT2D eigenvalue weighted by Crippen LogP contribution is -2.33. The maximum absolute atomic E-state index is 12.8. The van der Waals surface area contributed by atoms with Crippen LogP contribution >= 0.6 is 0 Å². The third-order valence-electron chi connectivity index (χ3n) is 3.55. The van der Waals surface area contributed by atoms with Crippen LogP contribution in [0.2, 0.25) is 0 Å². The minimum atomic E-state index is -4.53. The molecule has 0 radical (unpaired) electrons. The van der Waals surface area contributed by atoms with Crippen molar-refractivity contribution in [2.75, 3.05) is 0 Å². The zero-order valence-corrected chi connectivity index (χ0v) is 10.7. The van der Waals surface area contributed by atoms with Gasteiger partial charge in [-0.15, -0.1) is 0 Å². The predicted molar refractivity (Wildman–Crippen MR) is 64.9 cm³/mol. The number of benzene rings is 1. The highest BCUT2D eigenvalue weighted by atomic mass is 19.3. The van der Waals surface area contributed by atoms with Gasteiger partial charge >= 0.3 is 12.5 Å². The molecule has 1 aromatic carbocycles. The van der Waals surface area contributed by atoms with Gasteiger partial charge in [-0.3, -0.25) is 0 Å². The summed E-state index contributed by atoms with van der Waals surface area (Å²) in [6, 6.07) is 5.35. The monoisotopic (exact) mass is 292 g/mol. The molecule has 0 amide bonds. The van der Waals surface area contributed by atoms with Crippen LogP contribution in [0, 0.1) is 5.92 Å². The highest BCUT2D eigenvalue weighted by Crippen LogP contribution is 2.37.